The Kier molecular flexibility index (Phi) is 5.89. The van der Waals surface area contributed by atoms with E-state index in [0.717, 1.165) is 17.7 Å². The van der Waals surface area contributed by atoms with E-state index >= 15 is 0 Å². The topological polar surface area (TPSA) is 51.5 Å². The first-order chi connectivity index (χ1) is 10.8. The Morgan fingerprint density at radius 2 is 2.14 bits per heavy atom. The zero-order valence-corrected chi connectivity index (χ0v) is 12.2. The summed E-state index contributed by atoms with van der Waals surface area (Å²) >= 11 is 0. The summed E-state index contributed by atoms with van der Waals surface area (Å²) in [7, 11) is 0. The normalized spacial score (nSPS) is 9.45. The molecule has 0 fully saturated rings. The van der Waals surface area contributed by atoms with E-state index in [4.69, 9.17) is 9.15 Å². The maximum Gasteiger partial charge on any atom is 0.287 e. The first-order valence-corrected chi connectivity index (χ1v) is 6.90. The van der Waals surface area contributed by atoms with Crippen molar-refractivity contribution in [2.45, 2.75) is 6.42 Å². The van der Waals surface area contributed by atoms with Gasteiger partial charge < -0.3 is 14.5 Å². The molecule has 1 amide bonds. The van der Waals surface area contributed by atoms with Gasteiger partial charge in [-0.1, -0.05) is 36.1 Å². The lowest BCUT2D eigenvalue weighted by Crippen LogP contribution is -2.23. The van der Waals surface area contributed by atoms with Crippen molar-refractivity contribution in [2.75, 3.05) is 13.2 Å². The van der Waals surface area contributed by atoms with Crippen molar-refractivity contribution in [2.24, 2.45) is 0 Å². The third-order valence-electron chi connectivity index (χ3n) is 2.84. The van der Waals surface area contributed by atoms with E-state index < -0.39 is 0 Å². The number of hydrogen-bond acceptors (Lipinski definition) is 3. The summed E-state index contributed by atoms with van der Waals surface area (Å²) in [6.45, 7) is 4.24. The zero-order valence-electron chi connectivity index (χ0n) is 12.2. The number of carbonyl (C=O) groups is 1. The monoisotopic (exact) mass is 295 g/mol. The Bertz CT molecular complexity index is 678. The molecule has 1 N–H and O–H groups in total. The van der Waals surface area contributed by atoms with Crippen molar-refractivity contribution in [3.05, 3.63) is 66.6 Å². The van der Waals surface area contributed by atoms with Gasteiger partial charge in [0, 0.05) is 0 Å². The predicted octanol–water partition coefficient (Wildman–Crippen LogP) is 2.82. The van der Waals surface area contributed by atoms with Crippen LogP contribution < -0.4 is 10.1 Å². The van der Waals surface area contributed by atoms with Gasteiger partial charge in [0.2, 0.25) is 0 Å². The number of rotatable bonds is 6. The molecule has 2 aromatic rings. The van der Waals surface area contributed by atoms with Crippen molar-refractivity contribution in [1.82, 2.24) is 5.32 Å². The van der Waals surface area contributed by atoms with E-state index in [1.807, 2.05) is 30.3 Å². The van der Waals surface area contributed by atoms with E-state index in [2.05, 4.69) is 23.7 Å². The molecule has 0 aliphatic carbocycles. The maximum atomic E-state index is 11.6. The SMILES string of the molecule is C=CCc1ccccc1OCC#CCNC(=O)c1ccco1. The van der Waals surface area contributed by atoms with Gasteiger partial charge in [0.05, 0.1) is 12.8 Å². The van der Waals surface area contributed by atoms with Crippen LogP contribution in [0.25, 0.3) is 0 Å². The number of amides is 1. The molecule has 0 saturated carbocycles. The lowest BCUT2D eigenvalue weighted by molar-refractivity contribution is 0.0931. The molecule has 4 nitrogen and oxygen atoms in total. The number of ether oxygens (including phenoxy) is 1. The van der Waals surface area contributed by atoms with E-state index in [1.165, 1.54) is 6.26 Å². The second-order valence-electron chi connectivity index (χ2n) is 4.40. The number of para-hydroxylation sites is 1. The maximum absolute atomic E-state index is 11.6. The molecule has 0 spiro atoms. The van der Waals surface area contributed by atoms with Gasteiger partial charge in [-0.3, -0.25) is 4.79 Å². The first kappa shape index (κ1) is 15.5. The molecular weight excluding hydrogens is 278 g/mol. The predicted molar refractivity (Wildman–Crippen MR) is 84.7 cm³/mol. The fourth-order valence-corrected chi connectivity index (χ4v) is 1.82. The van der Waals surface area contributed by atoms with Crippen LogP contribution in [0.5, 0.6) is 5.75 Å². The smallest absolute Gasteiger partial charge is 0.287 e. The van der Waals surface area contributed by atoms with Crippen molar-refractivity contribution >= 4 is 5.91 Å². The third-order valence-corrected chi connectivity index (χ3v) is 2.84. The van der Waals surface area contributed by atoms with Gasteiger partial charge in [-0.15, -0.1) is 6.58 Å². The fraction of sp³-hybridized carbons (Fsp3) is 0.167. The highest BCUT2D eigenvalue weighted by molar-refractivity contribution is 5.91. The van der Waals surface area contributed by atoms with Gasteiger partial charge in [-0.2, -0.15) is 0 Å². The minimum absolute atomic E-state index is 0.247. The largest absolute Gasteiger partial charge is 0.481 e. The average Bonchev–Trinajstić information content (AvgIpc) is 3.07. The molecular formula is C18H17NO3. The third kappa shape index (κ3) is 4.57. The van der Waals surface area contributed by atoms with Gasteiger partial charge in [-0.05, 0) is 30.2 Å². The van der Waals surface area contributed by atoms with Gasteiger partial charge >= 0.3 is 0 Å². The van der Waals surface area contributed by atoms with Crippen molar-refractivity contribution < 1.29 is 13.9 Å². The van der Waals surface area contributed by atoms with Gasteiger partial charge in [0.1, 0.15) is 12.4 Å². The quantitative estimate of drug-likeness (QED) is 0.658. The summed E-state index contributed by atoms with van der Waals surface area (Å²) < 4.78 is 10.6. The van der Waals surface area contributed by atoms with Crippen LogP contribution >= 0.6 is 0 Å². The van der Waals surface area contributed by atoms with Crippen molar-refractivity contribution in [3.8, 4) is 17.6 Å². The molecule has 0 aliphatic rings. The Labute approximate surface area is 129 Å². The Morgan fingerprint density at radius 3 is 2.91 bits per heavy atom. The zero-order chi connectivity index (χ0) is 15.6. The molecule has 0 atom stereocenters. The fourth-order valence-electron chi connectivity index (χ4n) is 1.82. The molecule has 0 bridgehead atoms. The van der Waals surface area contributed by atoms with Crippen LogP contribution in [0.4, 0.5) is 0 Å². The molecule has 4 heteroatoms. The molecule has 0 unspecified atom stereocenters. The standard InChI is InChI=1S/C18H17NO3/c1-2-8-15-9-3-4-10-16(15)21-13-6-5-12-19-18(20)17-11-7-14-22-17/h2-4,7,9-11,14H,1,8,12-13H2,(H,19,20). The van der Waals surface area contributed by atoms with Crippen LogP contribution in [-0.4, -0.2) is 19.1 Å². The minimum Gasteiger partial charge on any atom is -0.481 e. The lowest BCUT2D eigenvalue weighted by atomic mass is 10.1. The van der Waals surface area contributed by atoms with Gasteiger partial charge in [0.25, 0.3) is 5.91 Å². The Hall–Kier alpha value is -2.93. The number of furan rings is 1. The van der Waals surface area contributed by atoms with E-state index in [0.29, 0.717) is 0 Å². The van der Waals surface area contributed by atoms with Crippen LogP contribution in [0.15, 0.2) is 59.7 Å². The van der Waals surface area contributed by atoms with E-state index in [-0.39, 0.29) is 24.8 Å². The molecule has 0 aliphatic heterocycles. The highest BCUT2D eigenvalue weighted by Gasteiger charge is 2.05. The van der Waals surface area contributed by atoms with Crippen molar-refractivity contribution in [1.29, 1.82) is 0 Å². The number of allylic oxidation sites excluding steroid dienone is 1. The Balaban J connectivity index is 1.75. The molecule has 1 aromatic heterocycles. The van der Waals surface area contributed by atoms with Crippen LogP contribution in [0, 0.1) is 11.8 Å². The van der Waals surface area contributed by atoms with Gasteiger partial charge in [0.15, 0.2) is 5.76 Å². The highest BCUT2D eigenvalue weighted by Crippen LogP contribution is 2.18. The minimum atomic E-state index is -0.281. The van der Waals surface area contributed by atoms with Gasteiger partial charge in [-0.25, -0.2) is 0 Å². The van der Waals surface area contributed by atoms with Crippen molar-refractivity contribution in [3.63, 3.8) is 0 Å². The van der Waals surface area contributed by atoms with Crippen LogP contribution in [0.3, 0.4) is 0 Å². The lowest BCUT2D eigenvalue weighted by Gasteiger charge is -2.07. The first-order valence-electron chi connectivity index (χ1n) is 6.90. The molecule has 0 radical (unpaired) electrons. The molecule has 22 heavy (non-hydrogen) atoms. The average molecular weight is 295 g/mol. The summed E-state index contributed by atoms with van der Waals surface area (Å²) in [5, 5.41) is 2.64. The molecule has 0 saturated heterocycles. The van der Waals surface area contributed by atoms with E-state index in [9.17, 15) is 4.79 Å². The highest BCUT2D eigenvalue weighted by atomic mass is 16.5. The van der Waals surface area contributed by atoms with E-state index in [1.54, 1.807) is 12.1 Å². The summed E-state index contributed by atoms with van der Waals surface area (Å²) in [5.74, 6) is 6.49. The molecule has 112 valence electrons. The number of nitrogens with one attached hydrogen (secondary N) is 1. The summed E-state index contributed by atoms with van der Waals surface area (Å²) in [4.78, 5) is 11.6. The van der Waals surface area contributed by atoms with Crippen LogP contribution in [0.2, 0.25) is 0 Å². The van der Waals surface area contributed by atoms with Crippen LogP contribution in [0.1, 0.15) is 16.1 Å². The second kappa shape index (κ2) is 8.38. The molecule has 1 heterocycles. The number of benzene rings is 1. The Morgan fingerprint density at radius 1 is 1.27 bits per heavy atom. The summed E-state index contributed by atoms with van der Waals surface area (Å²) in [6.07, 6.45) is 4.04. The summed E-state index contributed by atoms with van der Waals surface area (Å²) in [5.41, 5.74) is 1.07. The molecule has 1 aromatic carbocycles. The van der Waals surface area contributed by atoms with Crippen LogP contribution in [-0.2, 0) is 6.42 Å². The number of hydrogen-bond donors (Lipinski definition) is 1. The molecule has 2 rings (SSSR count). The number of carbonyl (C=O) groups excluding carboxylic acids is 1. The summed E-state index contributed by atoms with van der Waals surface area (Å²) in [6, 6.07) is 11.0. The second-order valence-corrected chi connectivity index (χ2v) is 4.40.